The van der Waals surface area contributed by atoms with Crippen LogP contribution in [-0.2, 0) is 0 Å². The van der Waals surface area contributed by atoms with Gasteiger partial charge in [0.15, 0.2) is 0 Å². The summed E-state index contributed by atoms with van der Waals surface area (Å²) in [5.74, 6) is 1.04. The molecule has 1 aliphatic heterocycles. The van der Waals surface area contributed by atoms with Gasteiger partial charge < -0.3 is 10.2 Å². The third-order valence-electron chi connectivity index (χ3n) is 4.49. The van der Waals surface area contributed by atoms with Crippen molar-refractivity contribution in [2.24, 2.45) is 5.92 Å². The minimum Gasteiger partial charge on any atom is -0.314 e. The SMILES string of the molecule is CCNC(C)CC(C)N1CCN(CC2CC2)CC1. The van der Waals surface area contributed by atoms with E-state index >= 15 is 0 Å². The van der Waals surface area contributed by atoms with Crippen LogP contribution in [0.4, 0.5) is 0 Å². The summed E-state index contributed by atoms with van der Waals surface area (Å²) in [4.78, 5) is 5.35. The van der Waals surface area contributed by atoms with Crippen LogP contribution in [0.3, 0.4) is 0 Å². The molecule has 106 valence electrons. The molecule has 0 aromatic carbocycles. The van der Waals surface area contributed by atoms with Crippen LogP contribution < -0.4 is 5.32 Å². The summed E-state index contributed by atoms with van der Waals surface area (Å²) >= 11 is 0. The third-order valence-corrected chi connectivity index (χ3v) is 4.49. The molecule has 2 unspecified atom stereocenters. The van der Waals surface area contributed by atoms with E-state index in [0.717, 1.165) is 18.5 Å². The lowest BCUT2D eigenvalue weighted by atomic mass is 10.1. The predicted octanol–water partition coefficient (Wildman–Crippen LogP) is 1.79. The first kappa shape index (κ1) is 14.3. The van der Waals surface area contributed by atoms with E-state index in [0.29, 0.717) is 6.04 Å². The fourth-order valence-corrected chi connectivity index (χ4v) is 3.14. The molecule has 1 heterocycles. The summed E-state index contributed by atoms with van der Waals surface area (Å²) < 4.78 is 0. The molecule has 3 heteroatoms. The van der Waals surface area contributed by atoms with Crippen LogP contribution in [0.25, 0.3) is 0 Å². The Morgan fingerprint density at radius 1 is 1.11 bits per heavy atom. The number of rotatable bonds is 7. The van der Waals surface area contributed by atoms with Crippen LogP contribution in [0.2, 0.25) is 0 Å². The van der Waals surface area contributed by atoms with Gasteiger partial charge in [-0.15, -0.1) is 0 Å². The predicted molar refractivity (Wildman–Crippen MR) is 78.0 cm³/mol. The lowest BCUT2D eigenvalue weighted by Crippen LogP contribution is -2.51. The van der Waals surface area contributed by atoms with Crippen molar-refractivity contribution in [3.05, 3.63) is 0 Å². The largest absolute Gasteiger partial charge is 0.314 e. The molecule has 0 aromatic rings. The average molecular weight is 253 g/mol. The Kier molecular flexibility index (Phi) is 5.46. The smallest absolute Gasteiger partial charge is 0.0113 e. The van der Waals surface area contributed by atoms with E-state index in [2.05, 4.69) is 35.9 Å². The van der Waals surface area contributed by atoms with Crippen LogP contribution in [0.1, 0.15) is 40.0 Å². The number of hydrogen-bond donors (Lipinski definition) is 1. The Hall–Kier alpha value is -0.120. The standard InChI is InChI=1S/C15H31N3/c1-4-16-13(2)11-14(3)18-9-7-17(8-10-18)12-15-5-6-15/h13-16H,4-12H2,1-3H3. The maximum absolute atomic E-state index is 3.52. The molecule has 1 aliphatic carbocycles. The molecule has 0 bridgehead atoms. The molecule has 0 amide bonds. The van der Waals surface area contributed by atoms with Crippen molar-refractivity contribution >= 4 is 0 Å². The Balaban J connectivity index is 1.64. The van der Waals surface area contributed by atoms with Crippen LogP contribution in [0, 0.1) is 5.92 Å². The fraction of sp³-hybridized carbons (Fsp3) is 1.00. The molecule has 1 N–H and O–H groups in total. The number of piperazine rings is 1. The van der Waals surface area contributed by atoms with Gasteiger partial charge in [0.25, 0.3) is 0 Å². The Labute approximate surface area is 113 Å². The summed E-state index contributed by atoms with van der Waals surface area (Å²) in [6.07, 6.45) is 4.24. The molecule has 1 saturated heterocycles. The van der Waals surface area contributed by atoms with Gasteiger partial charge in [0.05, 0.1) is 0 Å². The molecule has 2 rings (SSSR count). The summed E-state index contributed by atoms with van der Waals surface area (Å²) in [5.41, 5.74) is 0. The van der Waals surface area contributed by atoms with Crippen molar-refractivity contribution in [2.45, 2.75) is 52.1 Å². The van der Waals surface area contributed by atoms with Crippen molar-refractivity contribution in [1.82, 2.24) is 15.1 Å². The highest BCUT2D eigenvalue weighted by Crippen LogP contribution is 2.30. The average Bonchev–Trinajstić information content (AvgIpc) is 3.14. The van der Waals surface area contributed by atoms with E-state index < -0.39 is 0 Å². The summed E-state index contributed by atoms with van der Waals surface area (Å²) in [5, 5.41) is 3.52. The minimum absolute atomic E-state index is 0.648. The molecule has 1 saturated carbocycles. The van der Waals surface area contributed by atoms with Gasteiger partial charge in [-0.2, -0.15) is 0 Å². The molecule has 2 atom stereocenters. The van der Waals surface area contributed by atoms with Crippen molar-refractivity contribution in [2.75, 3.05) is 39.3 Å². The monoisotopic (exact) mass is 253 g/mol. The summed E-state index contributed by atoms with van der Waals surface area (Å²) in [6, 6.07) is 1.37. The zero-order valence-electron chi connectivity index (χ0n) is 12.5. The molecule has 0 aromatic heterocycles. The van der Waals surface area contributed by atoms with Crippen molar-refractivity contribution < 1.29 is 0 Å². The van der Waals surface area contributed by atoms with E-state index in [4.69, 9.17) is 0 Å². The molecule has 18 heavy (non-hydrogen) atoms. The van der Waals surface area contributed by atoms with Crippen molar-refractivity contribution in [1.29, 1.82) is 0 Å². The molecule has 3 nitrogen and oxygen atoms in total. The second kappa shape index (κ2) is 6.88. The second-order valence-corrected chi connectivity index (χ2v) is 6.32. The first-order valence-corrected chi connectivity index (χ1v) is 7.88. The maximum Gasteiger partial charge on any atom is 0.0113 e. The van der Waals surface area contributed by atoms with Gasteiger partial charge in [0.2, 0.25) is 0 Å². The summed E-state index contributed by atoms with van der Waals surface area (Å²) in [7, 11) is 0. The Bertz CT molecular complexity index is 232. The van der Waals surface area contributed by atoms with E-state index in [9.17, 15) is 0 Å². The van der Waals surface area contributed by atoms with Gasteiger partial charge in [0, 0.05) is 44.8 Å². The van der Waals surface area contributed by atoms with E-state index in [1.165, 1.54) is 52.0 Å². The van der Waals surface area contributed by atoms with Crippen LogP contribution >= 0.6 is 0 Å². The van der Waals surface area contributed by atoms with Crippen molar-refractivity contribution in [3.63, 3.8) is 0 Å². The third kappa shape index (κ3) is 4.52. The van der Waals surface area contributed by atoms with Crippen LogP contribution in [0.15, 0.2) is 0 Å². The normalized spacial score (nSPS) is 26.2. The summed E-state index contributed by atoms with van der Waals surface area (Å²) in [6.45, 7) is 14.5. The van der Waals surface area contributed by atoms with Crippen LogP contribution in [-0.4, -0.2) is 61.2 Å². The number of nitrogens with zero attached hydrogens (tertiary/aromatic N) is 2. The first-order valence-electron chi connectivity index (χ1n) is 7.88. The Morgan fingerprint density at radius 2 is 1.78 bits per heavy atom. The van der Waals surface area contributed by atoms with Crippen molar-refractivity contribution in [3.8, 4) is 0 Å². The molecule has 0 radical (unpaired) electrons. The zero-order valence-corrected chi connectivity index (χ0v) is 12.5. The van der Waals surface area contributed by atoms with Gasteiger partial charge in [-0.3, -0.25) is 4.90 Å². The quantitative estimate of drug-likeness (QED) is 0.746. The van der Waals surface area contributed by atoms with E-state index in [1.54, 1.807) is 0 Å². The maximum atomic E-state index is 3.52. The van der Waals surface area contributed by atoms with Gasteiger partial charge in [0.1, 0.15) is 0 Å². The fourth-order valence-electron chi connectivity index (χ4n) is 3.14. The molecule has 2 aliphatic rings. The molecular formula is C15H31N3. The molecule has 2 fully saturated rings. The van der Waals surface area contributed by atoms with Gasteiger partial charge in [-0.1, -0.05) is 6.92 Å². The Morgan fingerprint density at radius 3 is 2.33 bits per heavy atom. The van der Waals surface area contributed by atoms with Gasteiger partial charge >= 0.3 is 0 Å². The van der Waals surface area contributed by atoms with Crippen LogP contribution in [0.5, 0.6) is 0 Å². The second-order valence-electron chi connectivity index (χ2n) is 6.32. The highest BCUT2D eigenvalue weighted by molar-refractivity contribution is 4.82. The lowest BCUT2D eigenvalue weighted by Gasteiger charge is -2.39. The zero-order chi connectivity index (χ0) is 13.0. The first-order chi connectivity index (χ1) is 8.69. The molecular weight excluding hydrogens is 222 g/mol. The van der Waals surface area contributed by atoms with E-state index in [-0.39, 0.29) is 0 Å². The van der Waals surface area contributed by atoms with Gasteiger partial charge in [-0.05, 0) is 45.6 Å². The number of nitrogens with one attached hydrogen (secondary N) is 1. The lowest BCUT2D eigenvalue weighted by molar-refractivity contribution is 0.0924. The highest BCUT2D eigenvalue weighted by Gasteiger charge is 2.27. The van der Waals surface area contributed by atoms with Gasteiger partial charge in [-0.25, -0.2) is 0 Å². The highest BCUT2D eigenvalue weighted by atomic mass is 15.3. The molecule has 0 spiro atoms. The number of hydrogen-bond acceptors (Lipinski definition) is 3. The minimum atomic E-state index is 0.648. The topological polar surface area (TPSA) is 18.5 Å². The van der Waals surface area contributed by atoms with E-state index in [1.807, 2.05) is 0 Å².